The maximum atomic E-state index is 12.2. The Kier molecular flexibility index (Phi) is 3.95. The molecule has 1 unspecified atom stereocenters. The number of likely N-dealkylation sites (N-methyl/N-ethyl adjacent to an activating group) is 1. The second kappa shape index (κ2) is 5.33. The summed E-state index contributed by atoms with van der Waals surface area (Å²) in [7, 11) is 1.92. The fraction of sp³-hybridized carbons (Fsp3) is 0.562. The highest BCUT2D eigenvalue weighted by molar-refractivity contribution is 5.78. The zero-order valence-electron chi connectivity index (χ0n) is 12.4. The lowest BCUT2D eigenvalue weighted by Gasteiger charge is -2.28. The summed E-state index contributed by atoms with van der Waals surface area (Å²) in [5, 5.41) is 3.26. The van der Waals surface area contributed by atoms with Crippen LogP contribution in [0.1, 0.15) is 44.4 Å². The molecule has 2 rings (SSSR count). The van der Waals surface area contributed by atoms with Gasteiger partial charge >= 0.3 is 0 Å². The third kappa shape index (κ3) is 3.35. The highest BCUT2D eigenvalue weighted by atomic mass is 16.2. The predicted molar refractivity (Wildman–Crippen MR) is 78.0 cm³/mol. The molecule has 0 spiro atoms. The van der Waals surface area contributed by atoms with Gasteiger partial charge in [-0.15, -0.1) is 0 Å². The van der Waals surface area contributed by atoms with Crippen molar-refractivity contribution in [3.05, 3.63) is 35.4 Å². The SMILES string of the molecule is CN(C(=O)CNC(C)(C)C)C1CCc2ccccc21. The summed E-state index contributed by atoms with van der Waals surface area (Å²) < 4.78 is 0. The van der Waals surface area contributed by atoms with E-state index in [0.717, 1.165) is 12.8 Å². The average molecular weight is 260 g/mol. The minimum atomic E-state index is -0.0237. The van der Waals surface area contributed by atoms with Crippen molar-refractivity contribution in [2.75, 3.05) is 13.6 Å². The molecular formula is C16H24N2O. The molecule has 0 heterocycles. The summed E-state index contributed by atoms with van der Waals surface area (Å²) >= 11 is 0. The van der Waals surface area contributed by atoms with Gasteiger partial charge in [-0.3, -0.25) is 4.79 Å². The Bertz CT molecular complexity index is 462. The third-order valence-corrected chi connectivity index (χ3v) is 3.73. The number of nitrogens with zero attached hydrogens (tertiary/aromatic N) is 1. The van der Waals surface area contributed by atoms with E-state index in [1.54, 1.807) is 0 Å². The maximum Gasteiger partial charge on any atom is 0.236 e. The summed E-state index contributed by atoms with van der Waals surface area (Å²) in [6.07, 6.45) is 2.11. The lowest BCUT2D eigenvalue weighted by atomic mass is 10.1. The summed E-state index contributed by atoms with van der Waals surface area (Å²) in [4.78, 5) is 14.1. The van der Waals surface area contributed by atoms with Crippen molar-refractivity contribution in [2.45, 2.75) is 45.2 Å². The van der Waals surface area contributed by atoms with Crippen LogP contribution in [-0.4, -0.2) is 29.9 Å². The first-order chi connectivity index (χ1) is 8.88. The zero-order chi connectivity index (χ0) is 14.0. The molecular weight excluding hydrogens is 236 g/mol. The normalized spacial score (nSPS) is 18.2. The van der Waals surface area contributed by atoms with Crippen LogP contribution in [0.5, 0.6) is 0 Å². The molecule has 3 nitrogen and oxygen atoms in total. The van der Waals surface area contributed by atoms with Crippen LogP contribution < -0.4 is 5.32 Å². The van der Waals surface area contributed by atoms with Crippen LogP contribution in [0, 0.1) is 0 Å². The fourth-order valence-electron chi connectivity index (χ4n) is 2.58. The van der Waals surface area contributed by atoms with Gasteiger partial charge in [0, 0.05) is 12.6 Å². The van der Waals surface area contributed by atoms with Crippen molar-refractivity contribution >= 4 is 5.91 Å². The van der Waals surface area contributed by atoms with Gasteiger partial charge in [0.15, 0.2) is 0 Å². The van der Waals surface area contributed by atoms with Crippen molar-refractivity contribution < 1.29 is 4.79 Å². The van der Waals surface area contributed by atoms with Gasteiger partial charge < -0.3 is 10.2 Å². The second-order valence-corrected chi connectivity index (χ2v) is 6.36. The number of carbonyl (C=O) groups is 1. The average Bonchev–Trinajstić information content (AvgIpc) is 2.78. The minimum absolute atomic E-state index is 0.0237. The van der Waals surface area contributed by atoms with E-state index in [1.165, 1.54) is 11.1 Å². The van der Waals surface area contributed by atoms with Crippen LogP contribution in [0.25, 0.3) is 0 Å². The van der Waals surface area contributed by atoms with Crippen LogP contribution >= 0.6 is 0 Å². The molecule has 19 heavy (non-hydrogen) atoms. The largest absolute Gasteiger partial charge is 0.338 e. The molecule has 1 aliphatic rings. The molecule has 1 N–H and O–H groups in total. The van der Waals surface area contributed by atoms with Crippen LogP contribution in [0.15, 0.2) is 24.3 Å². The minimum Gasteiger partial charge on any atom is -0.338 e. The second-order valence-electron chi connectivity index (χ2n) is 6.36. The van der Waals surface area contributed by atoms with E-state index < -0.39 is 0 Å². The molecule has 3 heteroatoms. The number of benzene rings is 1. The Morgan fingerprint density at radius 1 is 1.37 bits per heavy atom. The van der Waals surface area contributed by atoms with Gasteiger partial charge in [0.05, 0.1) is 12.6 Å². The molecule has 1 atom stereocenters. The van der Waals surface area contributed by atoms with Gasteiger partial charge in [-0.05, 0) is 44.7 Å². The number of amides is 1. The molecule has 1 aromatic rings. The van der Waals surface area contributed by atoms with Gasteiger partial charge in [-0.25, -0.2) is 0 Å². The first kappa shape index (κ1) is 14.1. The van der Waals surface area contributed by atoms with Crippen LogP contribution in [-0.2, 0) is 11.2 Å². The highest BCUT2D eigenvalue weighted by Gasteiger charge is 2.28. The van der Waals surface area contributed by atoms with E-state index in [1.807, 2.05) is 11.9 Å². The number of fused-ring (bicyclic) bond motifs is 1. The lowest BCUT2D eigenvalue weighted by molar-refractivity contribution is -0.131. The first-order valence-corrected chi connectivity index (χ1v) is 6.97. The molecule has 0 bridgehead atoms. The van der Waals surface area contributed by atoms with Gasteiger partial charge in [0.25, 0.3) is 0 Å². The molecule has 1 aromatic carbocycles. The molecule has 104 valence electrons. The van der Waals surface area contributed by atoms with Crippen molar-refractivity contribution in [1.82, 2.24) is 10.2 Å². The summed E-state index contributed by atoms with van der Waals surface area (Å²) in [5.74, 6) is 0.164. The van der Waals surface area contributed by atoms with Crippen molar-refractivity contribution in [3.63, 3.8) is 0 Å². The quantitative estimate of drug-likeness (QED) is 0.905. The predicted octanol–water partition coefficient (Wildman–Crippen LogP) is 2.52. The molecule has 0 radical (unpaired) electrons. The Balaban J connectivity index is 2.01. The summed E-state index contributed by atoms with van der Waals surface area (Å²) in [5.41, 5.74) is 2.68. The van der Waals surface area contributed by atoms with Crippen LogP contribution in [0.2, 0.25) is 0 Å². The molecule has 1 amide bonds. The fourth-order valence-corrected chi connectivity index (χ4v) is 2.58. The first-order valence-electron chi connectivity index (χ1n) is 6.97. The smallest absolute Gasteiger partial charge is 0.236 e. The Labute approximate surface area is 116 Å². The number of nitrogens with one attached hydrogen (secondary N) is 1. The number of hydrogen-bond donors (Lipinski definition) is 1. The van der Waals surface area contributed by atoms with Crippen molar-refractivity contribution in [1.29, 1.82) is 0 Å². The highest BCUT2D eigenvalue weighted by Crippen LogP contribution is 2.34. The monoisotopic (exact) mass is 260 g/mol. The topological polar surface area (TPSA) is 32.3 Å². The number of carbonyl (C=O) groups excluding carboxylic acids is 1. The molecule has 0 fully saturated rings. The molecule has 0 aromatic heterocycles. The van der Waals surface area contributed by atoms with Gasteiger partial charge in [0.1, 0.15) is 0 Å². The standard InChI is InChI=1S/C16H24N2O/c1-16(2,3)17-11-15(19)18(4)14-10-9-12-7-5-6-8-13(12)14/h5-8,14,17H,9-11H2,1-4H3. The van der Waals surface area contributed by atoms with Crippen LogP contribution in [0.4, 0.5) is 0 Å². The van der Waals surface area contributed by atoms with E-state index in [-0.39, 0.29) is 17.5 Å². The molecule has 1 aliphatic carbocycles. The van der Waals surface area contributed by atoms with Gasteiger partial charge in [-0.2, -0.15) is 0 Å². The van der Waals surface area contributed by atoms with E-state index in [2.05, 4.69) is 50.4 Å². The molecule has 0 saturated carbocycles. The van der Waals surface area contributed by atoms with E-state index in [0.29, 0.717) is 6.54 Å². The summed E-state index contributed by atoms with van der Waals surface area (Å²) in [6.45, 7) is 6.63. The molecule has 0 saturated heterocycles. The van der Waals surface area contributed by atoms with Crippen molar-refractivity contribution in [3.8, 4) is 0 Å². The van der Waals surface area contributed by atoms with Gasteiger partial charge in [-0.1, -0.05) is 24.3 Å². The lowest BCUT2D eigenvalue weighted by Crippen LogP contribution is -2.44. The summed E-state index contributed by atoms with van der Waals surface area (Å²) in [6, 6.07) is 8.69. The Hall–Kier alpha value is -1.35. The Morgan fingerprint density at radius 3 is 2.74 bits per heavy atom. The maximum absolute atomic E-state index is 12.2. The van der Waals surface area contributed by atoms with Crippen LogP contribution in [0.3, 0.4) is 0 Å². The zero-order valence-corrected chi connectivity index (χ0v) is 12.4. The number of hydrogen-bond acceptors (Lipinski definition) is 2. The van der Waals surface area contributed by atoms with Gasteiger partial charge in [0.2, 0.25) is 5.91 Å². The molecule has 0 aliphatic heterocycles. The van der Waals surface area contributed by atoms with E-state index >= 15 is 0 Å². The van der Waals surface area contributed by atoms with Crippen molar-refractivity contribution in [2.24, 2.45) is 0 Å². The van der Waals surface area contributed by atoms with E-state index in [4.69, 9.17) is 0 Å². The van der Waals surface area contributed by atoms with E-state index in [9.17, 15) is 4.79 Å². The third-order valence-electron chi connectivity index (χ3n) is 3.73. The Morgan fingerprint density at radius 2 is 2.05 bits per heavy atom. The number of aryl methyl sites for hydroxylation is 1. The number of rotatable bonds is 3.